The van der Waals surface area contributed by atoms with Gasteiger partial charge < -0.3 is 0 Å². The number of benzene rings is 3. The van der Waals surface area contributed by atoms with Gasteiger partial charge in [-0.1, -0.05) is 91.0 Å². The number of fused-ring (bicyclic) bond motifs is 1. The molecule has 1 fully saturated rings. The second-order valence-corrected chi connectivity index (χ2v) is 6.05. The van der Waals surface area contributed by atoms with E-state index in [2.05, 4.69) is 60.7 Å². The third kappa shape index (κ3) is 1.89. The molecule has 2 heterocycles. The van der Waals surface area contributed by atoms with E-state index in [1.807, 2.05) is 35.4 Å². The van der Waals surface area contributed by atoms with Crippen LogP contribution in [0.1, 0.15) is 16.7 Å². The molecule has 2 atom stereocenters. The molecule has 0 amide bonds. The van der Waals surface area contributed by atoms with Crippen LogP contribution in [-0.2, 0) is 10.5 Å². The second-order valence-electron chi connectivity index (χ2n) is 6.05. The molecule has 1 saturated heterocycles. The summed E-state index contributed by atoms with van der Waals surface area (Å²) in [6.07, 6.45) is -0.0761. The Morgan fingerprint density at radius 1 is 0.708 bits per heavy atom. The summed E-state index contributed by atoms with van der Waals surface area (Å²) >= 11 is 0. The van der Waals surface area contributed by atoms with E-state index in [1.165, 1.54) is 0 Å². The van der Waals surface area contributed by atoms with Gasteiger partial charge in [-0.2, -0.15) is 0 Å². The van der Waals surface area contributed by atoms with Crippen LogP contribution in [-0.4, -0.2) is 17.0 Å². The van der Waals surface area contributed by atoms with Crippen LogP contribution in [0.5, 0.6) is 0 Å². The number of nitrogens with zero attached hydrogens (tertiary/aromatic N) is 2. The Morgan fingerprint density at radius 3 is 1.75 bits per heavy atom. The van der Waals surface area contributed by atoms with E-state index in [0.29, 0.717) is 0 Å². The summed E-state index contributed by atoms with van der Waals surface area (Å²) in [5.74, 6) is 0. The van der Waals surface area contributed by atoms with Crippen LogP contribution in [0.15, 0.2) is 96.0 Å². The molecular weight excluding hydrogens is 296 g/mol. The van der Waals surface area contributed by atoms with Gasteiger partial charge in [0.25, 0.3) is 0 Å². The lowest BCUT2D eigenvalue weighted by atomic mass is 9.92. The minimum Gasteiger partial charge on any atom is -0.265 e. The van der Waals surface area contributed by atoms with Gasteiger partial charge in [-0.05, 0) is 5.56 Å². The standard InChI is InChI=1S/C21H16N2O/c1-4-10-16(11-5-1)19-20-23(24-20)21(22-19,17-12-6-2-7-13-17)18-14-8-3-9-15-18/h1-15,20H. The topological polar surface area (TPSA) is 27.9 Å². The Morgan fingerprint density at radius 2 is 1.21 bits per heavy atom. The predicted octanol–water partition coefficient (Wildman–Crippen LogP) is 3.96. The van der Waals surface area contributed by atoms with Crippen molar-refractivity contribution in [2.75, 3.05) is 0 Å². The van der Waals surface area contributed by atoms with E-state index in [0.717, 1.165) is 22.4 Å². The van der Waals surface area contributed by atoms with Crippen molar-refractivity contribution in [3.63, 3.8) is 0 Å². The number of hydrogen-bond acceptors (Lipinski definition) is 3. The zero-order chi connectivity index (χ0) is 16.0. The molecule has 116 valence electrons. The SMILES string of the molecule is c1ccc(C2=NC(c3ccccc3)(c3ccccc3)N3OC23)cc1. The molecule has 2 aliphatic rings. The molecular formula is C21H16N2O. The summed E-state index contributed by atoms with van der Waals surface area (Å²) in [6, 6.07) is 31.0. The molecule has 3 aromatic rings. The lowest BCUT2D eigenvalue weighted by Crippen LogP contribution is -2.32. The fourth-order valence-corrected chi connectivity index (χ4v) is 3.47. The fraction of sp³-hybridized carbons (Fsp3) is 0.0952. The quantitative estimate of drug-likeness (QED) is 0.685. The summed E-state index contributed by atoms with van der Waals surface area (Å²) in [7, 11) is 0. The van der Waals surface area contributed by atoms with Crippen LogP contribution >= 0.6 is 0 Å². The van der Waals surface area contributed by atoms with E-state index in [1.54, 1.807) is 0 Å². The molecule has 2 unspecified atom stereocenters. The molecule has 3 aromatic carbocycles. The second kappa shape index (κ2) is 5.13. The number of aliphatic imine (C=N–C) groups is 1. The lowest BCUT2D eigenvalue weighted by Gasteiger charge is -2.28. The first-order chi connectivity index (χ1) is 11.9. The van der Waals surface area contributed by atoms with E-state index in [-0.39, 0.29) is 6.23 Å². The minimum atomic E-state index is -0.613. The van der Waals surface area contributed by atoms with Crippen LogP contribution in [0.2, 0.25) is 0 Å². The summed E-state index contributed by atoms with van der Waals surface area (Å²) in [5.41, 5.74) is 3.72. The number of hydroxylamine groups is 2. The number of rotatable bonds is 3. The zero-order valence-electron chi connectivity index (χ0n) is 13.0. The van der Waals surface area contributed by atoms with Crippen LogP contribution < -0.4 is 0 Å². The van der Waals surface area contributed by atoms with Gasteiger partial charge in [0.05, 0.1) is 5.71 Å². The molecule has 2 aliphatic heterocycles. The maximum atomic E-state index is 5.95. The number of hydrogen-bond donors (Lipinski definition) is 0. The van der Waals surface area contributed by atoms with Gasteiger partial charge in [0.1, 0.15) is 0 Å². The van der Waals surface area contributed by atoms with Gasteiger partial charge in [0.15, 0.2) is 5.66 Å². The van der Waals surface area contributed by atoms with E-state index in [9.17, 15) is 0 Å². The average molecular weight is 312 g/mol. The fourth-order valence-electron chi connectivity index (χ4n) is 3.47. The van der Waals surface area contributed by atoms with Crippen molar-refractivity contribution in [3.05, 3.63) is 108 Å². The highest BCUT2D eigenvalue weighted by atomic mass is 16.8. The van der Waals surface area contributed by atoms with Gasteiger partial charge >= 0.3 is 0 Å². The van der Waals surface area contributed by atoms with E-state index < -0.39 is 5.66 Å². The van der Waals surface area contributed by atoms with Crippen molar-refractivity contribution in [3.8, 4) is 0 Å². The van der Waals surface area contributed by atoms with Gasteiger partial charge in [-0.3, -0.25) is 9.83 Å². The molecule has 3 nitrogen and oxygen atoms in total. The highest BCUT2D eigenvalue weighted by Crippen LogP contribution is 2.51. The van der Waals surface area contributed by atoms with Gasteiger partial charge in [0.2, 0.25) is 6.23 Å². The van der Waals surface area contributed by atoms with E-state index >= 15 is 0 Å². The molecule has 24 heavy (non-hydrogen) atoms. The predicted molar refractivity (Wildman–Crippen MR) is 93.4 cm³/mol. The van der Waals surface area contributed by atoms with E-state index in [4.69, 9.17) is 9.83 Å². The smallest absolute Gasteiger partial charge is 0.200 e. The first-order valence-electron chi connectivity index (χ1n) is 8.12. The third-order valence-electron chi connectivity index (χ3n) is 4.64. The Labute approximate surface area is 140 Å². The van der Waals surface area contributed by atoms with Crippen molar-refractivity contribution >= 4 is 5.71 Å². The molecule has 3 heteroatoms. The highest BCUT2D eigenvalue weighted by molar-refractivity contribution is 6.06. The summed E-state index contributed by atoms with van der Waals surface area (Å²) < 4.78 is 0. The first-order valence-corrected chi connectivity index (χ1v) is 8.12. The Hall–Kier alpha value is -2.75. The highest BCUT2D eigenvalue weighted by Gasteiger charge is 2.62. The Bertz CT molecular complexity index is 851. The van der Waals surface area contributed by atoms with Crippen molar-refractivity contribution in [2.45, 2.75) is 11.9 Å². The summed E-state index contributed by atoms with van der Waals surface area (Å²) in [6.45, 7) is 0. The summed E-state index contributed by atoms with van der Waals surface area (Å²) in [5, 5.41) is 2.00. The maximum absolute atomic E-state index is 5.95. The van der Waals surface area contributed by atoms with Crippen LogP contribution in [0.25, 0.3) is 0 Å². The monoisotopic (exact) mass is 312 g/mol. The van der Waals surface area contributed by atoms with Crippen LogP contribution in [0.4, 0.5) is 0 Å². The van der Waals surface area contributed by atoms with Crippen molar-refractivity contribution in [2.24, 2.45) is 4.99 Å². The third-order valence-corrected chi connectivity index (χ3v) is 4.64. The lowest BCUT2D eigenvalue weighted by molar-refractivity contribution is 0.0940. The average Bonchev–Trinajstić information content (AvgIpc) is 3.40. The molecule has 0 saturated carbocycles. The van der Waals surface area contributed by atoms with Gasteiger partial charge in [-0.25, -0.2) is 0 Å². The van der Waals surface area contributed by atoms with Gasteiger partial charge in [0, 0.05) is 11.1 Å². The van der Waals surface area contributed by atoms with Crippen LogP contribution in [0, 0.1) is 0 Å². The molecule has 5 rings (SSSR count). The van der Waals surface area contributed by atoms with Crippen molar-refractivity contribution in [1.29, 1.82) is 0 Å². The molecule has 0 bridgehead atoms. The zero-order valence-corrected chi connectivity index (χ0v) is 13.0. The molecule has 0 aliphatic carbocycles. The molecule has 0 aromatic heterocycles. The van der Waals surface area contributed by atoms with Crippen molar-refractivity contribution < 1.29 is 4.84 Å². The molecule has 0 spiro atoms. The van der Waals surface area contributed by atoms with Crippen molar-refractivity contribution in [1.82, 2.24) is 5.06 Å². The minimum absolute atomic E-state index is 0.0761. The Balaban J connectivity index is 1.74. The molecule has 0 N–H and O–H groups in total. The Kier molecular flexibility index (Phi) is 2.92. The maximum Gasteiger partial charge on any atom is 0.200 e. The molecule has 0 radical (unpaired) electrons. The first kappa shape index (κ1) is 13.7. The summed E-state index contributed by atoms with van der Waals surface area (Å²) in [4.78, 5) is 11.1. The van der Waals surface area contributed by atoms with Crippen LogP contribution in [0.3, 0.4) is 0 Å². The normalized spacial score (nSPS) is 23.4. The van der Waals surface area contributed by atoms with Gasteiger partial charge in [-0.15, -0.1) is 5.06 Å². The largest absolute Gasteiger partial charge is 0.265 e.